The van der Waals surface area contributed by atoms with Crippen molar-refractivity contribution in [2.45, 2.75) is 77.5 Å². The predicted molar refractivity (Wildman–Crippen MR) is 163 cm³/mol. The maximum Gasteiger partial charge on any atom is 0.178 e. The molecule has 0 spiro atoms. The largest absolute Gasteiger partial charge is 0.354 e. The molecule has 210 valence electrons. The lowest BCUT2D eigenvalue weighted by atomic mass is 9.97. The van der Waals surface area contributed by atoms with Crippen molar-refractivity contribution in [2.75, 3.05) is 29.9 Å². The third kappa shape index (κ3) is 5.83. The average Bonchev–Trinajstić information content (AvgIpc) is 3.61. The van der Waals surface area contributed by atoms with Crippen LogP contribution >= 0.6 is 0 Å². The minimum atomic E-state index is 0.254. The van der Waals surface area contributed by atoms with E-state index in [0.717, 1.165) is 60.3 Å². The number of fused-ring (bicyclic) bond motifs is 1. The van der Waals surface area contributed by atoms with Crippen LogP contribution in [0, 0.1) is 0 Å². The number of pyridine rings is 2. The van der Waals surface area contributed by atoms with Gasteiger partial charge in [-0.25, -0.2) is 14.5 Å². The number of nitrogens with one attached hydrogen (secondary N) is 2. The van der Waals surface area contributed by atoms with E-state index in [1.807, 2.05) is 10.6 Å². The van der Waals surface area contributed by atoms with Crippen LogP contribution in [-0.2, 0) is 6.54 Å². The van der Waals surface area contributed by atoms with E-state index in [1.54, 1.807) is 6.33 Å². The van der Waals surface area contributed by atoms with Crippen molar-refractivity contribution < 1.29 is 0 Å². The van der Waals surface area contributed by atoms with Crippen molar-refractivity contribution in [3.63, 3.8) is 0 Å². The summed E-state index contributed by atoms with van der Waals surface area (Å²) in [4.78, 5) is 14.4. The monoisotopic (exact) mass is 538 g/mol. The minimum absolute atomic E-state index is 0.254. The normalized spacial score (nSPS) is 19.0. The van der Waals surface area contributed by atoms with Crippen LogP contribution < -0.4 is 15.5 Å². The van der Waals surface area contributed by atoms with E-state index in [9.17, 15) is 0 Å². The Bertz CT molecular complexity index is 1450. The first kappa shape index (κ1) is 26.7. The maximum absolute atomic E-state index is 4.94. The number of benzene rings is 1. The van der Waals surface area contributed by atoms with Gasteiger partial charge in [-0.3, -0.25) is 4.90 Å². The molecular formula is C32H42N8. The molecule has 2 N–H and O–H groups in total. The van der Waals surface area contributed by atoms with E-state index in [0.29, 0.717) is 12.1 Å². The van der Waals surface area contributed by atoms with Crippen molar-refractivity contribution in [3.05, 3.63) is 66.6 Å². The van der Waals surface area contributed by atoms with Crippen molar-refractivity contribution in [1.82, 2.24) is 29.8 Å². The van der Waals surface area contributed by atoms with Gasteiger partial charge in [-0.05, 0) is 88.8 Å². The number of aromatic nitrogens is 4. The molecule has 40 heavy (non-hydrogen) atoms. The summed E-state index contributed by atoms with van der Waals surface area (Å²) in [5, 5.41) is 11.8. The number of rotatable bonds is 7. The van der Waals surface area contributed by atoms with Gasteiger partial charge in [0.2, 0.25) is 0 Å². The molecule has 1 aromatic carbocycles. The van der Waals surface area contributed by atoms with Gasteiger partial charge in [-0.2, -0.15) is 5.10 Å². The fourth-order valence-corrected chi connectivity index (χ4v) is 6.12. The molecule has 5 heterocycles. The Morgan fingerprint density at radius 3 is 2.55 bits per heavy atom. The molecular weight excluding hydrogens is 496 g/mol. The smallest absolute Gasteiger partial charge is 0.178 e. The third-order valence-corrected chi connectivity index (χ3v) is 8.52. The fourth-order valence-electron chi connectivity index (χ4n) is 6.12. The van der Waals surface area contributed by atoms with Gasteiger partial charge in [0.15, 0.2) is 5.65 Å². The van der Waals surface area contributed by atoms with Gasteiger partial charge in [0.25, 0.3) is 0 Å². The van der Waals surface area contributed by atoms with Crippen LogP contribution in [0.4, 0.5) is 17.3 Å². The molecule has 2 aliphatic heterocycles. The number of hydrogen-bond donors (Lipinski definition) is 2. The van der Waals surface area contributed by atoms with Gasteiger partial charge in [-0.15, -0.1) is 0 Å². The summed E-state index contributed by atoms with van der Waals surface area (Å²) in [5.41, 5.74) is 5.47. The molecule has 8 heteroatoms. The maximum atomic E-state index is 4.94. The van der Waals surface area contributed by atoms with Crippen LogP contribution in [0.25, 0.3) is 16.8 Å². The van der Waals surface area contributed by atoms with Crippen LogP contribution in [0.15, 0.2) is 61.1 Å². The van der Waals surface area contributed by atoms with E-state index in [2.05, 4.69) is 107 Å². The number of hydrogen-bond acceptors (Lipinski definition) is 7. The Morgan fingerprint density at radius 1 is 0.950 bits per heavy atom. The first-order chi connectivity index (χ1) is 19.3. The summed E-state index contributed by atoms with van der Waals surface area (Å²) < 4.78 is 1.85. The summed E-state index contributed by atoms with van der Waals surface area (Å²) in [5.74, 6) is 1.84. The first-order valence-corrected chi connectivity index (χ1v) is 14.8. The van der Waals surface area contributed by atoms with Gasteiger partial charge >= 0.3 is 0 Å². The topological polar surface area (TPSA) is 73.6 Å². The molecule has 0 aliphatic carbocycles. The van der Waals surface area contributed by atoms with Crippen molar-refractivity contribution in [1.29, 1.82) is 0 Å². The highest BCUT2D eigenvalue weighted by atomic mass is 15.3. The van der Waals surface area contributed by atoms with Crippen LogP contribution in [0.1, 0.15) is 58.9 Å². The SMILES string of the molecule is C[C@H]1CCCN1c1cccc(Nc2cc(-c3cccc(CNC4CCN(C(C)(C)C)CC4)c3)cn3ncnc23)n1. The minimum Gasteiger partial charge on any atom is -0.354 e. The standard InChI is InChI=1S/C32H42N8/c1-23-8-7-15-39(23)30-12-6-11-29(37-30)36-28-19-26(21-40-31(28)34-22-35-40)25-10-5-9-24(18-25)20-33-27-13-16-38(17-14-27)32(2,3)4/h5-6,9-12,18-19,21-23,27,33H,7-8,13-17,20H2,1-4H3,(H,36,37)/t23-/m0/s1. The lowest BCUT2D eigenvalue weighted by Gasteiger charge is -2.41. The van der Waals surface area contributed by atoms with Crippen LogP contribution in [0.3, 0.4) is 0 Å². The van der Waals surface area contributed by atoms with E-state index >= 15 is 0 Å². The van der Waals surface area contributed by atoms with Gasteiger partial charge in [0.05, 0.1) is 5.69 Å². The zero-order valence-electron chi connectivity index (χ0n) is 24.3. The van der Waals surface area contributed by atoms with Crippen LogP contribution in [0.5, 0.6) is 0 Å². The van der Waals surface area contributed by atoms with Gasteiger partial charge in [0, 0.05) is 55.6 Å². The Labute approximate surface area is 237 Å². The molecule has 4 aromatic rings. The van der Waals surface area contributed by atoms with Gasteiger partial charge < -0.3 is 15.5 Å². The highest BCUT2D eigenvalue weighted by Crippen LogP contribution is 2.30. The third-order valence-electron chi connectivity index (χ3n) is 8.52. The number of piperidine rings is 1. The van der Waals surface area contributed by atoms with E-state index < -0.39 is 0 Å². The Balaban J connectivity index is 1.18. The summed E-state index contributed by atoms with van der Waals surface area (Å²) in [6, 6.07) is 18.2. The number of likely N-dealkylation sites (tertiary alicyclic amines) is 1. The quantitative estimate of drug-likeness (QED) is 0.305. The molecule has 0 saturated carbocycles. The van der Waals surface area contributed by atoms with Crippen molar-refractivity contribution >= 4 is 23.0 Å². The fraction of sp³-hybridized carbons (Fsp3) is 0.469. The Morgan fingerprint density at radius 2 is 1.77 bits per heavy atom. The number of anilines is 3. The summed E-state index contributed by atoms with van der Waals surface area (Å²) in [6.07, 6.45) is 8.48. The highest BCUT2D eigenvalue weighted by Gasteiger charge is 2.26. The second kappa shape index (κ2) is 11.2. The van der Waals surface area contributed by atoms with Crippen LogP contribution in [0.2, 0.25) is 0 Å². The molecule has 2 saturated heterocycles. The molecule has 6 rings (SSSR count). The highest BCUT2D eigenvalue weighted by molar-refractivity contribution is 5.79. The second-order valence-electron chi connectivity index (χ2n) is 12.4. The average molecular weight is 539 g/mol. The van der Waals surface area contributed by atoms with Crippen LogP contribution in [-0.4, -0.2) is 61.7 Å². The molecule has 2 aliphatic rings. The Hall–Kier alpha value is -3.49. The predicted octanol–water partition coefficient (Wildman–Crippen LogP) is 5.88. The summed E-state index contributed by atoms with van der Waals surface area (Å²) in [6.45, 7) is 13.5. The molecule has 1 atom stereocenters. The lowest BCUT2D eigenvalue weighted by Crippen LogP contribution is -2.49. The van der Waals surface area contributed by atoms with Gasteiger partial charge in [-0.1, -0.05) is 24.3 Å². The Kier molecular flexibility index (Phi) is 7.47. The molecule has 0 unspecified atom stereocenters. The van der Waals surface area contributed by atoms with Crippen molar-refractivity contribution in [2.24, 2.45) is 0 Å². The molecule has 8 nitrogen and oxygen atoms in total. The van der Waals surface area contributed by atoms with E-state index in [-0.39, 0.29) is 5.54 Å². The van der Waals surface area contributed by atoms with E-state index in [4.69, 9.17) is 4.98 Å². The lowest BCUT2D eigenvalue weighted by molar-refractivity contribution is 0.0960. The number of nitrogens with zero attached hydrogens (tertiary/aromatic N) is 6. The molecule has 3 aromatic heterocycles. The van der Waals surface area contributed by atoms with E-state index in [1.165, 1.54) is 31.2 Å². The van der Waals surface area contributed by atoms with Crippen molar-refractivity contribution in [3.8, 4) is 11.1 Å². The molecule has 0 bridgehead atoms. The van der Waals surface area contributed by atoms with Gasteiger partial charge in [0.1, 0.15) is 18.0 Å². The second-order valence-corrected chi connectivity index (χ2v) is 12.4. The molecule has 2 fully saturated rings. The first-order valence-electron chi connectivity index (χ1n) is 14.8. The summed E-state index contributed by atoms with van der Waals surface area (Å²) >= 11 is 0. The molecule has 0 amide bonds. The zero-order valence-corrected chi connectivity index (χ0v) is 24.3. The molecule has 0 radical (unpaired) electrons. The zero-order chi connectivity index (χ0) is 27.7. The summed E-state index contributed by atoms with van der Waals surface area (Å²) in [7, 11) is 0.